The summed E-state index contributed by atoms with van der Waals surface area (Å²) in [5, 5.41) is 0. The second-order valence-corrected chi connectivity index (χ2v) is 6.12. The molecule has 104 valence electrons. The molecular weight excluding hydrogens is 236 g/mol. The first-order chi connectivity index (χ1) is 9.17. The van der Waals surface area contributed by atoms with Gasteiger partial charge in [0, 0.05) is 30.7 Å². The Balaban J connectivity index is 1.80. The third-order valence-corrected chi connectivity index (χ3v) is 4.73. The summed E-state index contributed by atoms with van der Waals surface area (Å²) in [4.78, 5) is 2.62. The summed E-state index contributed by atoms with van der Waals surface area (Å²) in [5.41, 5.74) is 8.47. The van der Waals surface area contributed by atoms with Gasteiger partial charge in [0.1, 0.15) is 5.75 Å². The van der Waals surface area contributed by atoms with Crippen molar-refractivity contribution in [1.82, 2.24) is 4.90 Å². The van der Waals surface area contributed by atoms with Crippen molar-refractivity contribution in [3.8, 4) is 5.75 Å². The number of ether oxygens (including phenoxy) is 1. The number of methoxy groups -OCH3 is 1. The van der Waals surface area contributed by atoms with Gasteiger partial charge < -0.3 is 10.5 Å². The monoisotopic (exact) mass is 260 g/mol. The first-order valence-corrected chi connectivity index (χ1v) is 7.34. The predicted octanol–water partition coefficient (Wildman–Crippen LogP) is 2.70. The number of benzene rings is 1. The van der Waals surface area contributed by atoms with Crippen LogP contribution in [0.4, 0.5) is 0 Å². The van der Waals surface area contributed by atoms with Crippen LogP contribution in [0.15, 0.2) is 18.2 Å². The molecule has 2 bridgehead atoms. The van der Waals surface area contributed by atoms with E-state index >= 15 is 0 Å². The molecule has 1 aromatic carbocycles. The summed E-state index contributed by atoms with van der Waals surface area (Å²) in [6.45, 7) is 4.30. The molecule has 0 amide bonds. The molecule has 0 spiro atoms. The van der Waals surface area contributed by atoms with Crippen molar-refractivity contribution in [3.63, 3.8) is 0 Å². The van der Waals surface area contributed by atoms with Crippen molar-refractivity contribution in [3.05, 3.63) is 29.3 Å². The quantitative estimate of drug-likeness (QED) is 0.904. The summed E-state index contributed by atoms with van der Waals surface area (Å²) in [6.07, 6.45) is 4.20. The molecule has 3 unspecified atom stereocenters. The van der Waals surface area contributed by atoms with Crippen molar-refractivity contribution in [2.45, 2.75) is 44.8 Å². The SMILES string of the molecule is COc1ccc(C(C)N)cc1CN1CC2CCC1C2. The van der Waals surface area contributed by atoms with Crippen LogP contribution in [0.2, 0.25) is 0 Å². The van der Waals surface area contributed by atoms with Gasteiger partial charge in [-0.05, 0) is 49.8 Å². The van der Waals surface area contributed by atoms with E-state index in [-0.39, 0.29) is 6.04 Å². The Hall–Kier alpha value is -1.06. The van der Waals surface area contributed by atoms with Gasteiger partial charge in [0.2, 0.25) is 0 Å². The number of likely N-dealkylation sites (tertiary alicyclic amines) is 1. The molecule has 3 atom stereocenters. The fourth-order valence-electron chi connectivity index (χ4n) is 3.64. The van der Waals surface area contributed by atoms with Gasteiger partial charge in [-0.15, -0.1) is 0 Å². The summed E-state index contributed by atoms with van der Waals surface area (Å²) in [5.74, 6) is 1.93. The molecule has 1 saturated heterocycles. The van der Waals surface area contributed by atoms with E-state index in [0.29, 0.717) is 0 Å². The highest BCUT2D eigenvalue weighted by molar-refractivity contribution is 5.38. The lowest BCUT2D eigenvalue weighted by molar-refractivity contribution is 0.203. The van der Waals surface area contributed by atoms with E-state index in [0.717, 1.165) is 24.3 Å². The van der Waals surface area contributed by atoms with Crippen LogP contribution in [0.3, 0.4) is 0 Å². The van der Waals surface area contributed by atoms with Crippen LogP contribution < -0.4 is 10.5 Å². The van der Waals surface area contributed by atoms with E-state index in [1.807, 2.05) is 6.92 Å². The minimum absolute atomic E-state index is 0.0830. The highest BCUT2D eigenvalue weighted by Crippen LogP contribution is 2.39. The topological polar surface area (TPSA) is 38.5 Å². The number of piperidine rings is 1. The van der Waals surface area contributed by atoms with Crippen LogP contribution in [0.25, 0.3) is 0 Å². The standard InChI is InChI=1S/C16H24N2O/c1-11(17)13-4-6-16(19-2)14(8-13)10-18-9-12-3-5-15(18)7-12/h4,6,8,11-12,15H,3,5,7,9-10,17H2,1-2H3. The zero-order valence-electron chi connectivity index (χ0n) is 11.9. The largest absolute Gasteiger partial charge is 0.496 e. The molecule has 1 aliphatic carbocycles. The molecule has 2 aliphatic rings. The van der Waals surface area contributed by atoms with Gasteiger partial charge in [0.05, 0.1) is 7.11 Å². The Bertz CT molecular complexity index is 458. The van der Waals surface area contributed by atoms with E-state index in [2.05, 4.69) is 23.1 Å². The summed E-state index contributed by atoms with van der Waals surface area (Å²) in [6, 6.07) is 7.23. The first-order valence-electron chi connectivity index (χ1n) is 7.34. The van der Waals surface area contributed by atoms with Crippen LogP contribution in [-0.4, -0.2) is 24.6 Å². The van der Waals surface area contributed by atoms with Crippen molar-refractivity contribution < 1.29 is 4.74 Å². The van der Waals surface area contributed by atoms with Crippen LogP contribution in [0, 0.1) is 5.92 Å². The molecule has 3 heteroatoms. The van der Waals surface area contributed by atoms with E-state index in [1.54, 1.807) is 7.11 Å². The summed E-state index contributed by atoms with van der Waals surface area (Å²) in [7, 11) is 1.75. The highest BCUT2D eigenvalue weighted by Gasteiger charge is 2.37. The normalized spacial score (nSPS) is 27.7. The Morgan fingerprint density at radius 1 is 1.42 bits per heavy atom. The Morgan fingerprint density at radius 3 is 2.84 bits per heavy atom. The first kappa shape index (κ1) is 12.9. The molecule has 2 N–H and O–H groups in total. The molecule has 1 heterocycles. The van der Waals surface area contributed by atoms with Gasteiger partial charge in [0.25, 0.3) is 0 Å². The molecule has 19 heavy (non-hydrogen) atoms. The van der Waals surface area contributed by atoms with Gasteiger partial charge in [-0.25, -0.2) is 0 Å². The van der Waals surface area contributed by atoms with E-state index in [9.17, 15) is 0 Å². The zero-order valence-corrected chi connectivity index (χ0v) is 11.9. The van der Waals surface area contributed by atoms with Gasteiger partial charge in [-0.2, -0.15) is 0 Å². The Labute approximate surface area is 115 Å². The molecule has 2 fully saturated rings. The maximum Gasteiger partial charge on any atom is 0.123 e. The van der Waals surface area contributed by atoms with Crippen molar-refractivity contribution in [2.75, 3.05) is 13.7 Å². The summed E-state index contributed by atoms with van der Waals surface area (Å²) >= 11 is 0. The fourth-order valence-corrected chi connectivity index (χ4v) is 3.64. The second kappa shape index (κ2) is 5.14. The third-order valence-electron chi connectivity index (χ3n) is 4.73. The number of nitrogens with zero attached hydrogens (tertiary/aromatic N) is 1. The fraction of sp³-hybridized carbons (Fsp3) is 0.625. The molecule has 1 aromatic rings. The maximum atomic E-state index is 5.99. The molecule has 1 aliphatic heterocycles. The second-order valence-electron chi connectivity index (χ2n) is 6.12. The van der Waals surface area contributed by atoms with Crippen molar-refractivity contribution in [1.29, 1.82) is 0 Å². The average molecular weight is 260 g/mol. The Kier molecular flexibility index (Phi) is 3.50. The molecule has 3 rings (SSSR count). The number of fused-ring (bicyclic) bond motifs is 2. The van der Waals surface area contributed by atoms with Crippen LogP contribution in [0.1, 0.15) is 43.4 Å². The molecule has 0 aromatic heterocycles. The zero-order chi connectivity index (χ0) is 13.4. The molecule has 0 radical (unpaired) electrons. The maximum absolute atomic E-state index is 5.99. The van der Waals surface area contributed by atoms with Gasteiger partial charge in [0.15, 0.2) is 0 Å². The number of hydrogen-bond acceptors (Lipinski definition) is 3. The number of nitrogens with two attached hydrogens (primary N) is 1. The third kappa shape index (κ3) is 2.49. The lowest BCUT2D eigenvalue weighted by Crippen LogP contribution is -2.31. The molecule has 3 nitrogen and oxygen atoms in total. The van der Waals surface area contributed by atoms with Crippen LogP contribution in [-0.2, 0) is 6.54 Å². The van der Waals surface area contributed by atoms with Gasteiger partial charge in [-0.1, -0.05) is 6.07 Å². The van der Waals surface area contributed by atoms with Crippen LogP contribution >= 0.6 is 0 Å². The van der Waals surface area contributed by atoms with Gasteiger partial charge >= 0.3 is 0 Å². The minimum Gasteiger partial charge on any atom is -0.496 e. The lowest BCUT2D eigenvalue weighted by Gasteiger charge is -2.27. The number of hydrogen-bond donors (Lipinski definition) is 1. The van der Waals surface area contributed by atoms with Crippen LogP contribution in [0.5, 0.6) is 5.75 Å². The minimum atomic E-state index is 0.0830. The van der Waals surface area contributed by atoms with Gasteiger partial charge in [-0.3, -0.25) is 4.90 Å². The van der Waals surface area contributed by atoms with E-state index in [1.165, 1.54) is 36.9 Å². The molecule has 1 saturated carbocycles. The predicted molar refractivity (Wildman–Crippen MR) is 77.1 cm³/mol. The molecular formula is C16H24N2O. The highest BCUT2D eigenvalue weighted by atomic mass is 16.5. The number of rotatable bonds is 4. The summed E-state index contributed by atoms with van der Waals surface area (Å²) < 4.78 is 5.50. The smallest absolute Gasteiger partial charge is 0.123 e. The van der Waals surface area contributed by atoms with Crippen molar-refractivity contribution >= 4 is 0 Å². The lowest BCUT2D eigenvalue weighted by atomic mass is 10.0. The van der Waals surface area contributed by atoms with Crippen molar-refractivity contribution in [2.24, 2.45) is 11.7 Å². The average Bonchev–Trinajstić information content (AvgIpc) is 3.01. The van der Waals surface area contributed by atoms with E-state index < -0.39 is 0 Å². The Morgan fingerprint density at radius 2 is 2.26 bits per heavy atom. The van der Waals surface area contributed by atoms with E-state index in [4.69, 9.17) is 10.5 Å².